The van der Waals surface area contributed by atoms with Crippen molar-refractivity contribution in [3.63, 3.8) is 0 Å². The van der Waals surface area contributed by atoms with Gasteiger partial charge in [0.2, 0.25) is 11.8 Å². The monoisotopic (exact) mass is 433 g/mol. The third kappa shape index (κ3) is 2.58. The highest BCUT2D eigenvalue weighted by Crippen LogP contribution is 2.57. The number of carbonyl (C=O) groups excluding carboxylic acids is 4. The number of nitrogens with zero attached hydrogens (tertiary/aromatic N) is 2. The number of carbonyl (C=O) groups is 4. The van der Waals surface area contributed by atoms with Gasteiger partial charge in [-0.2, -0.15) is 0 Å². The van der Waals surface area contributed by atoms with Crippen molar-refractivity contribution < 1.29 is 23.6 Å². The Hall–Kier alpha value is -3.55. The van der Waals surface area contributed by atoms with E-state index >= 15 is 0 Å². The van der Waals surface area contributed by atoms with Crippen molar-refractivity contribution >= 4 is 23.6 Å². The lowest BCUT2D eigenvalue weighted by molar-refractivity contribution is -0.136. The molecule has 1 aliphatic carbocycles. The van der Waals surface area contributed by atoms with E-state index in [1.165, 1.54) is 11.0 Å². The molecule has 2 fully saturated rings. The minimum Gasteiger partial charge on any atom is -0.324 e. The molecule has 1 spiro atoms. The molecule has 1 unspecified atom stereocenters. The van der Waals surface area contributed by atoms with E-state index in [0.29, 0.717) is 28.8 Å². The number of nitrogens with one attached hydrogen (secondary N) is 1. The summed E-state index contributed by atoms with van der Waals surface area (Å²) in [6.45, 7) is 0.575. The first-order chi connectivity index (χ1) is 15.4. The third-order valence-corrected chi connectivity index (χ3v) is 7.15. The highest BCUT2D eigenvalue weighted by Gasteiger charge is 2.57. The van der Waals surface area contributed by atoms with E-state index in [1.54, 1.807) is 29.2 Å². The van der Waals surface area contributed by atoms with Crippen LogP contribution in [0.1, 0.15) is 63.1 Å². The number of benzene rings is 2. The SMILES string of the molecule is O=C1CCC(N2Cc3cc(C(=O)N4Cc5cccc(F)c5C45CC5)ccc3C2=O)C(=O)N1. The molecule has 1 N–H and O–H groups in total. The lowest BCUT2D eigenvalue weighted by atomic mass is 10.0. The van der Waals surface area contributed by atoms with E-state index < -0.39 is 17.5 Å². The van der Waals surface area contributed by atoms with Gasteiger partial charge in [0.15, 0.2) is 0 Å². The first kappa shape index (κ1) is 19.2. The molecule has 3 heterocycles. The van der Waals surface area contributed by atoms with Crippen LogP contribution in [-0.4, -0.2) is 39.5 Å². The van der Waals surface area contributed by atoms with Gasteiger partial charge < -0.3 is 9.80 Å². The van der Waals surface area contributed by atoms with Crippen LogP contribution in [0.4, 0.5) is 4.39 Å². The number of piperidine rings is 1. The molecule has 6 rings (SSSR count). The molecule has 3 aliphatic heterocycles. The highest BCUT2D eigenvalue weighted by atomic mass is 19.1. The molecule has 0 aromatic heterocycles. The smallest absolute Gasteiger partial charge is 0.255 e. The third-order valence-electron chi connectivity index (χ3n) is 7.15. The van der Waals surface area contributed by atoms with Crippen LogP contribution in [0.3, 0.4) is 0 Å². The van der Waals surface area contributed by atoms with E-state index in [-0.39, 0.29) is 42.9 Å². The van der Waals surface area contributed by atoms with Crippen LogP contribution in [0, 0.1) is 5.82 Å². The van der Waals surface area contributed by atoms with Gasteiger partial charge in [0.1, 0.15) is 11.9 Å². The van der Waals surface area contributed by atoms with Crippen molar-refractivity contribution in [1.82, 2.24) is 15.1 Å². The number of fused-ring (bicyclic) bond motifs is 3. The second kappa shape index (κ2) is 6.48. The highest BCUT2D eigenvalue weighted by molar-refractivity contribution is 6.06. The molecule has 8 heteroatoms. The largest absolute Gasteiger partial charge is 0.324 e. The van der Waals surface area contributed by atoms with Crippen molar-refractivity contribution in [1.29, 1.82) is 0 Å². The van der Waals surface area contributed by atoms with Gasteiger partial charge in [-0.1, -0.05) is 12.1 Å². The number of imide groups is 1. The Bertz CT molecular complexity index is 1240. The molecule has 1 saturated carbocycles. The lowest BCUT2D eigenvalue weighted by Crippen LogP contribution is -2.52. The summed E-state index contributed by atoms with van der Waals surface area (Å²) >= 11 is 0. The molecule has 1 atom stereocenters. The molecule has 0 bridgehead atoms. The van der Waals surface area contributed by atoms with Gasteiger partial charge in [-0.25, -0.2) is 4.39 Å². The maximum atomic E-state index is 14.5. The van der Waals surface area contributed by atoms with E-state index in [4.69, 9.17) is 0 Å². The summed E-state index contributed by atoms with van der Waals surface area (Å²) in [7, 11) is 0. The molecule has 2 aromatic carbocycles. The van der Waals surface area contributed by atoms with Crippen molar-refractivity contribution in [2.75, 3.05) is 0 Å². The number of hydrogen-bond acceptors (Lipinski definition) is 4. The summed E-state index contributed by atoms with van der Waals surface area (Å²) in [6, 6.07) is 9.24. The van der Waals surface area contributed by atoms with Crippen LogP contribution in [0.2, 0.25) is 0 Å². The average Bonchev–Trinajstić information content (AvgIpc) is 3.39. The molecule has 162 valence electrons. The predicted molar refractivity (Wildman–Crippen MR) is 110 cm³/mol. The van der Waals surface area contributed by atoms with Crippen LogP contribution in [0.25, 0.3) is 0 Å². The Morgan fingerprint density at radius 3 is 2.62 bits per heavy atom. The maximum Gasteiger partial charge on any atom is 0.255 e. The second-order valence-electron chi connectivity index (χ2n) is 8.97. The summed E-state index contributed by atoms with van der Waals surface area (Å²) in [5.41, 5.74) is 2.50. The minimum atomic E-state index is -0.697. The van der Waals surface area contributed by atoms with Crippen LogP contribution < -0.4 is 5.32 Å². The molecule has 4 amide bonds. The quantitative estimate of drug-likeness (QED) is 0.736. The Morgan fingerprint density at radius 2 is 1.88 bits per heavy atom. The first-order valence-electron chi connectivity index (χ1n) is 10.8. The van der Waals surface area contributed by atoms with Crippen molar-refractivity contribution in [2.24, 2.45) is 0 Å². The van der Waals surface area contributed by atoms with Gasteiger partial charge in [-0.15, -0.1) is 0 Å². The molecule has 32 heavy (non-hydrogen) atoms. The number of rotatable bonds is 2. The topological polar surface area (TPSA) is 86.8 Å². The Kier molecular flexibility index (Phi) is 3.88. The number of amides is 4. The molecule has 0 radical (unpaired) electrons. The Morgan fingerprint density at radius 1 is 1.06 bits per heavy atom. The molecular weight excluding hydrogens is 413 g/mol. The van der Waals surface area contributed by atoms with E-state index in [9.17, 15) is 23.6 Å². The minimum absolute atomic E-state index is 0.187. The number of halogens is 1. The average molecular weight is 433 g/mol. The van der Waals surface area contributed by atoms with Gasteiger partial charge in [0, 0.05) is 36.2 Å². The van der Waals surface area contributed by atoms with Gasteiger partial charge >= 0.3 is 0 Å². The fourth-order valence-corrected chi connectivity index (χ4v) is 5.45. The zero-order valence-corrected chi connectivity index (χ0v) is 17.2. The summed E-state index contributed by atoms with van der Waals surface area (Å²) < 4.78 is 14.5. The van der Waals surface area contributed by atoms with Crippen molar-refractivity contribution in [3.8, 4) is 0 Å². The van der Waals surface area contributed by atoms with Gasteiger partial charge in [-0.3, -0.25) is 24.5 Å². The summed E-state index contributed by atoms with van der Waals surface area (Å²) in [4.78, 5) is 53.2. The first-order valence-corrected chi connectivity index (χ1v) is 10.8. The molecule has 2 aromatic rings. The van der Waals surface area contributed by atoms with Crippen LogP contribution >= 0.6 is 0 Å². The summed E-state index contributed by atoms with van der Waals surface area (Å²) in [6.07, 6.45) is 1.95. The maximum absolute atomic E-state index is 14.5. The standard InChI is InChI=1S/C24H20FN3O4/c25-17-3-1-2-14-12-28(24(8-9-24)20(14)17)22(31)13-4-5-16-15(10-13)11-27(23(16)32)18-6-7-19(29)26-21(18)30/h1-5,10,18H,6-9,11-12H2,(H,26,29,30). The summed E-state index contributed by atoms with van der Waals surface area (Å²) in [5.74, 6) is -1.53. The zero-order valence-electron chi connectivity index (χ0n) is 17.2. The lowest BCUT2D eigenvalue weighted by Gasteiger charge is -2.29. The van der Waals surface area contributed by atoms with Crippen molar-refractivity contribution in [2.45, 2.75) is 50.4 Å². The van der Waals surface area contributed by atoms with Crippen LogP contribution in [-0.2, 0) is 28.2 Å². The normalized spacial score (nSPS) is 22.8. The second-order valence-corrected chi connectivity index (χ2v) is 8.97. The Labute approximate surface area is 183 Å². The molecule has 4 aliphatic rings. The fraction of sp³-hybridized carbons (Fsp3) is 0.333. The Balaban J connectivity index is 1.28. The van der Waals surface area contributed by atoms with E-state index in [2.05, 4.69) is 5.32 Å². The molecule has 7 nitrogen and oxygen atoms in total. The van der Waals surface area contributed by atoms with Gasteiger partial charge in [0.25, 0.3) is 11.8 Å². The number of hydrogen-bond donors (Lipinski definition) is 1. The zero-order chi connectivity index (χ0) is 22.2. The van der Waals surface area contributed by atoms with E-state index in [0.717, 1.165) is 18.4 Å². The van der Waals surface area contributed by atoms with Gasteiger partial charge in [0.05, 0.1) is 5.54 Å². The molecule has 1 saturated heterocycles. The van der Waals surface area contributed by atoms with Crippen LogP contribution in [0.5, 0.6) is 0 Å². The van der Waals surface area contributed by atoms with Crippen molar-refractivity contribution in [3.05, 3.63) is 70.0 Å². The van der Waals surface area contributed by atoms with Gasteiger partial charge in [-0.05, 0) is 54.7 Å². The molecular formula is C24H20FN3O4. The fourth-order valence-electron chi connectivity index (χ4n) is 5.45. The predicted octanol–water partition coefficient (Wildman–Crippen LogP) is 2.23. The van der Waals surface area contributed by atoms with E-state index in [1.807, 2.05) is 6.07 Å². The van der Waals surface area contributed by atoms with Crippen LogP contribution in [0.15, 0.2) is 36.4 Å². The summed E-state index contributed by atoms with van der Waals surface area (Å²) in [5, 5.41) is 2.29.